The Bertz CT molecular complexity index is 389. The van der Waals surface area contributed by atoms with Crippen LogP contribution in [0.2, 0.25) is 0 Å². The monoisotopic (exact) mass is 274 g/mol. The Hall–Kier alpha value is -0.650. The molecule has 4 nitrogen and oxygen atoms in total. The highest BCUT2D eigenvalue weighted by molar-refractivity contribution is 7.14. The van der Waals surface area contributed by atoms with Crippen LogP contribution in [0.15, 0.2) is 5.38 Å². The first-order valence-electron chi connectivity index (χ1n) is 5.57. The number of carbonyl (C=O) groups excluding carboxylic acids is 1. The Morgan fingerprint density at radius 3 is 2.94 bits per heavy atom. The molecule has 1 aliphatic heterocycles. The summed E-state index contributed by atoms with van der Waals surface area (Å²) in [7, 11) is 1.75. The van der Waals surface area contributed by atoms with Crippen molar-refractivity contribution in [3.63, 3.8) is 0 Å². The minimum absolute atomic E-state index is 0.00504. The van der Waals surface area contributed by atoms with Gasteiger partial charge in [-0.2, -0.15) is 0 Å². The molecule has 0 N–H and O–H groups in total. The number of hydrogen-bond acceptors (Lipinski definition) is 5. The third kappa shape index (κ3) is 2.97. The van der Waals surface area contributed by atoms with Gasteiger partial charge in [0.05, 0.1) is 12.0 Å². The Morgan fingerprint density at radius 1 is 1.65 bits per heavy atom. The molecule has 0 radical (unpaired) electrons. The van der Waals surface area contributed by atoms with Gasteiger partial charge in [-0.25, -0.2) is 4.98 Å². The molecule has 1 aliphatic rings. The fraction of sp³-hybridized carbons (Fsp3) is 0.636. The van der Waals surface area contributed by atoms with Gasteiger partial charge in [-0.05, 0) is 12.8 Å². The average molecular weight is 275 g/mol. The second kappa shape index (κ2) is 5.80. The highest BCUT2D eigenvalue weighted by atomic mass is 35.5. The van der Waals surface area contributed by atoms with Crippen LogP contribution in [0, 0.1) is 0 Å². The molecule has 1 saturated heterocycles. The molecule has 0 atom stereocenters. The minimum Gasteiger partial charge on any atom is -0.381 e. The molecule has 94 valence electrons. The van der Waals surface area contributed by atoms with Gasteiger partial charge in [0.2, 0.25) is 0 Å². The summed E-state index contributed by atoms with van der Waals surface area (Å²) in [4.78, 5) is 17.9. The maximum absolute atomic E-state index is 11.4. The van der Waals surface area contributed by atoms with Crippen molar-refractivity contribution in [3.05, 3.63) is 11.1 Å². The Labute approximate surface area is 110 Å². The number of thiazole rings is 1. The van der Waals surface area contributed by atoms with Crippen molar-refractivity contribution in [3.8, 4) is 0 Å². The Kier molecular flexibility index (Phi) is 4.36. The molecule has 1 fully saturated rings. The highest BCUT2D eigenvalue weighted by Gasteiger charge is 2.21. The number of ketones is 1. The largest absolute Gasteiger partial charge is 0.381 e. The van der Waals surface area contributed by atoms with Gasteiger partial charge in [-0.15, -0.1) is 22.9 Å². The van der Waals surface area contributed by atoms with E-state index in [9.17, 15) is 4.79 Å². The maximum Gasteiger partial charge on any atom is 0.196 e. The Morgan fingerprint density at radius 2 is 2.35 bits per heavy atom. The first-order chi connectivity index (χ1) is 8.24. The highest BCUT2D eigenvalue weighted by Crippen LogP contribution is 2.25. The fourth-order valence-corrected chi connectivity index (χ4v) is 2.91. The number of anilines is 1. The van der Waals surface area contributed by atoms with Crippen LogP contribution in [0.1, 0.15) is 23.3 Å². The van der Waals surface area contributed by atoms with E-state index in [1.165, 1.54) is 11.3 Å². The molecule has 0 bridgehead atoms. The molecule has 0 unspecified atom stereocenters. The van der Waals surface area contributed by atoms with E-state index in [1.54, 1.807) is 12.5 Å². The predicted octanol–water partition coefficient (Wildman–Crippen LogP) is 2.18. The van der Waals surface area contributed by atoms with Gasteiger partial charge in [-0.1, -0.05) is 0 Å². The van der Waals surface area contributed by atoms with Crippen LogP contribution in [-0.4, -0.2) is 43.0 Å². The number of ether oxygens (including phenoxy) is 1. The number of methoxy groups -OCH3 is 1. The first kappa shape index (κ1) is 12.8. The molecular formula is C11H15ClN2O2S. The normalized spacial score (nSPS) is 17.4. The van der Waals surface area contributed by atoms with Gasteiger partial charge < -0.3 is 9.64 Å². The number of aromatic nitrogens is 1. The quantitative estimate of drug-likeness (QED) is 0.623. The summed E-state index contributed by atoms with van der Waals surface area (Å²) in [6.07, 6.45) is 2.37. The summed E-state index contributed by atoms with van der Waals surface area (Å²) < 4.78 is 5.32. The zero-order valence-electron chi connectivity index (χ0n) is 9.69. The molecule has 2 rings (SSSR count). The number of alkyl halides is 1. The Balaban J connectivity index is 1.99. The SMILES string of the molecule is COC1CCN(c2nc(C(=O)CCl)cs2)CC1. The summed E-state index contributed by atoms with van der Waals surface area (Å²) >= 11 is 7.01. The summed E-state index contributed by atoms with van der Waals surface area (Å²) in [5, 5.41) is 2.69. The molecular weight excluding hydrogens is 260 g/mol. The lowest BCUT2D eigenvalue weighted by Gasteiger charge is -2.30. The van der Waals surface area contributed by atoms with Crippen molar-refractivity contribution >= 4 is 33.9 Å². The molecule has 1 aromatic rings. The fourth-order valence-electron chi connectivity index (χ4n) is 1.89. The number of hydrogen-bond donors (Lipinski definition) is 0. The minimum atomic E-state index is -0.110. The van der Waals surface area contributed by atoms with E-state index in [4.69, 9.17) is 16.3 Å². The third-order valence-corrected chi connectivity index (χ3v) is 4.09. The lowest BCUT2D eigenvalue weighted by Crippen LogP contribution is -2.36. The molecule has 0 spiro atoms. The van der Waals surface area contributed by atoms with Gasteiger partial charge in [-0.3, -0.25) is 4.79 Å². The van der Waals surface area contributed by atoms with Crippen LogP contribution in [0.25, 0.3) is 0 Å². The number of halogens is 1. The average Bonchev–Trinajstić information content (AvgIpc) is 2.87. The van der Waals surface area contributed by atoms with Crippen LogP contribution < -0.4 is 4.90 Å². The van der Waals surface area contributed by atoms with Gasteiger partial charge in [0.1, 0.15) is 5.69 Å². The van der Waals surface area contributed by atoms with Crippen LogP contribution in [0.3, 0.4) is 0 Å². The van der Waals surface area contributed by atoms with E-state index in [1.807, 2.05) is 0 Å². The lowest BCUT2D eigenvalue weighted by molar-refractivity contribution is 0.0819. The number of carbonyl (C=O) groups is 1. The molecule has 0 amide bonds. The topological polar surface area (TPSA) is 42.4 Å². The summed E-state index contributed by atoms with van der Waals surface area (Å²) in [5.74, 6) is -0.115. The van der Waals surface area contributed by atoms with E-state index in [2.05, 4.69) is 9.88 Å². The van der Waals surface area contributed by atoms with Crippen molar-refractivity contribution in [2.45, 2.75) is 18.9 Å². The van der Waals surface area contributed by atoms with Gasteiger partial charge in [0.25, 0.3) is 0 Å². The molecule has 6 heteroatoms. The van der Waals surface area contributed by atoms with Crippen molar-refractivity contribution in [1.29, 1.82) is 0 Å². The van der Waals surface area contributed by atoms with Crippen molar-refractivity contribution in [2.24, 2.45) is 0 Å². The smallest absolute Gasteiger partial charge is 0.196 e. The van der Waals surface area contributed by atoms with Gasteiger partial charge >= 0.3 is 0 Å². The van der Waals surface area contributed by atoms with E-state index < -0.39 is 0 Å². The molecule has 0 aromatic carbocycles. The number of Topliss-reactive ketones (excluding diaryl/α,β-unsaturated/α-hetero) is 1. The standard InChI is InChI=1S/C11H15ClN2O2S/c1-16-8-2-4-14(5-3-8)11-13-9(7-17-11)10(15)6-12/h7-8H,2-6H2,1H3. The summed E-state index contributed by atoms with van der Waals surface area (Å²) in [6.45, 7) is 1.86. The van der Waals surface area contributed by atoms with Crippen molar-refractivity contribution < 1.29 is 9.53 Å². The predicted molar refractivity (Wildman–Crippen MR) is 69.4 cm³/mol. The molecule has 17 heavy (non-hydrogen) atoms. The summed E-state index contributed by atoms with van der Waals surface area (Å²) in [5.41, 5.74) is 0.480. The zero-order chi connectivity index (χ0) is 12.3. The van der Waals surface area contributed by atoms with Crippen LogP contribution in [-0.2, 0) is 4.74 Å². The van der Waals surface area contributed by atoms with E-state index in [0.717, 1.165) is 31.1 Å². The summed E-state index contributed by atoms with van der Waals surface area (Å²) in [6, 6.07) is 0. The van der Waals surface area contributed by atoms with E-state index >= 15 is 0 Å². The first-order valence-corrected chi connectivity index (χ1v) is 6.98. The third-order valence-electron chi connectivity index (χ3n) is 2.94. The lowest BCUT2D eigenvalue weighted by atomic mass is 10.1. The van der Waals surface area contributed by atoms with Gasteiger partial charge in [0.15, 0.2) is 10.9 Å². The molecule has 1 aromatic heterocycles. The molecule has 2 heterocycles. The number of rotatable bonds is 4. The van der Waals surface area contributed by atoms with E-state index in [0.29, 0.717) is 11.8 Å². The number of nitrogens with zero attached hydrogens (tertiary/aromatic N) is 2. The van der Waals surface area contributed by atoms with Crippen molar-refractivity contribution in [1.82, 2.24) is 4.98 Å². The second-order valence-electron chi connectivity index (χ2n) is 3.99. The van der Waals surface area contributed by atoms with Crippen LogP contribution >= 0.6 is 22.9 Å². The van der Waals surface area contributed by atoms with Gasteiger partial charge in [0, 0.05) is 25.6 Å². The number of piperidine rings is 1. The van der Waals surface area contributed by atoms with E-state index in [-0.39, 0.29) is 11.7 Å². The zero-order valence-corrected chi connectivity index (χ0v) is 11.3. The van der Waals surface area contributed by atoms with Crippen molar-refractivity contribution in [2.75, 3.05) is 31.0 Å². The molecule has 0 saturated carbocycles. The molecule has 0 aliphatic carbocycles. The maximum atomic E-state index is 11.4. The second-order valence-corrected chi connectivity index (χ2v) is 5.10. The van der Waals surface area contributed by atoms with Crippen LogP contribution in [0.5, 0.6) is 0 Å². The van der Waals surface area contributed by atoms with Crippen LogP contribution in [0.4, 0.5) is 5.13 Å².